The molecule has 1 unspecified atom stereocenters. The van der Waals surface area contributed by atoms with Crippen LogP contribution >= 0.6 is 11.8 Å². The van der Waals surface area contributed by atoms with Gasteiger partial charge in [0, 0.05) is 62.6 Å². The number of piperidine rings is 2. The molecule has 5 aromatic rings. The van der Waals surface area contributed by atoms with E-state index in [4.69, 9.17) is 15.6 Å². The maximum Gasteiger partial charge on any atom is 0.263 e. The first-order valence-electron chi connectivity index (χ1n) is 24.2. The Bertz CT molecular complexity index is 2620. The molecule has 356 valence electrons. The number of rotatable bonds is 19. The van der Waals surface area contributed by atoms with Gasteiger partial charge in [-0.05, 0) is 106 Å². The van der Waals surface area contributed by atoms with Crippen molar-refractivity contribution in [2.75, 3.05) is 63.8 Å². The number of hydrogen-bond donors (Lipinski definition) is 2. The topological polar surface area (TPSA) is 189 Å². The lowest BCUT2D eigenvalue weighted by Crippen LogP contribution is -2.54. The van der Waals surface area contributed by atoms with E-state index < -0.39 is 23.8 Å². The monoisotopic (exact) mass is 940 g/mol. The van der Waals surface area contributed by atoms with Gasteiger partial charge in [-0.25, -0.2) is 14.6 Å². The molecular weight excluding hydrogens is 881 g/mol. The van der Waals surface area contributed by atoms with Gasteiger partial charge in [0.2, 0.25) is 17.7 Å². The van der Waals surface area contributed by atoms with Crippen LogP contribution in [-0.2, 0) is 14.4 Å². The number of nitrogens with two attached hydrogens (primary N) is 1. The van der Waals surface area contributed by atoms with E-state index in [1.807, 2.05) is 70.2 Å². The molecule has 3 saturated heterocycles. The minimum atomic E-state index is -0.956. The Morgan fingerprint density at radius 3 is 2.25 bits per heavy atom. The van der Waals surface area contributed by atoms with Crippen LogP contribution in [0.4, 0.5) is 5.82 Å². The number of imide groups is 2. The highest BCUT2D eigenvalue weighted by Gasteiger charge is 2.45. The van der Waals surface area contributed by atoms with Crippen LogP contribution in [-0.4, -0.2) is 133 Å². The highest BCUT2D eigenvalue weighted by Crippen LogP contribution is 2.37. The number of unbranched alkanes of at least 4 members (excludes halogenated alkanes) is 5. The van der Waals surface area contributed by atoms with Gasteiger partial charge < -0.3 is 25.2 Å². The second-order valence-electron chi connectivity index (χ2n) is 18.2. The minimum absolute atomic E-state index is 0.0226. The number of hydrogen-bond acceptors (Lipinski definition) is 13. The maximum atomic E-state index is 13.6. The third kappa shape index (κ3) is 10.7. The standard InChI is InChI=1S/C51H60N10O6S/c52-47-45-46(35-19-21-38(22-20-35)67-37-14-6-5-7-15-37)56-61(48(45)54-34-53-47)36-13-11-27-59(33-36)43(63)18-12-26-58-30-28-57(29-31-58)25-8-3-1-2-4-9-32-68-41-17-10-16-39-44(41)51(66)60(50(39)65)40-23-24-42(62)55-49(40)64/h5-7,10,14-17,19-22,34,36,40H,1-4,8-9,11-13,18,23-33H2,(H2,52,53,54)(H,55,62,64)/t36-,40?/m1/s1. The van der Waals surface area contributed by atoms with E-state index in [2.05, 4.69) is 25.1 Å². The van der Waals surface area contributed by atoms with Gasteiger partial charge in [-0.2, -0.15) is 5.10 Å². The maximum absolute atomic E-state index is 13.6. The lowest BCUT2D eigenvalue weighted by molar-refractivity contribution is -0.136. The quantitative estimate of drug-likeness (QED) is 0.0492. The fourth-order valence-electron chi connectivity index (χ4n) is 9.92. The molecule has 4 aliphatic heterocycles. The first kappa shape index (κ1) is 46.9. The fraction of sp³-hybridized carbons (Fsp3) is 0.451. The zero-order valence-corrected chi connectivity index (χ0v) is 39.3. The molecule has 0 aliphatic carbocycles. The van der Waals surface area contributed by atoms with Gasteiger partial charge in [0.25, 0.3) is 11.8 Å². The van der Waals surface area contributed by atoms with Gasteiger partial charge >= 0.3 is 0 Å². The summed E-state index contributed by atoms with van der Waals surface area (Å²) >= 11 is 1.59. The van der Waals surface area contributed by atoms with Crippen LogP contribution in [0.1, 0.15) is 104 Å². The molecular formula is C51H60N10O6S. The molecule has 0 bridgehead atoms. The van der Waals surface area contributed by atoms with E-state index in [9.17, 15) is 24.0 Å². The van der Waals surface area contributed by atoms with Crippen LogP contribution < -0.4 is 15.8 Å². The Kier molecular flexibility index (Phi) is 15.1. The molecule has 16 nitrogen and oxygen atoms in total. The molecule has 0 spiro atoms. The molecule has 0 saturated carbocycles. The van der Waals surface area contributed by atoms with Crippen molar-refractivity contribution in [1.29, 1.82) is 0 Å². The van der Waals surface area contributed by atoms with Crippen molar-refractivity contribution in [3.8, 4) is 22.8 Å². The molecule has 4 aliphatic rings. The number of piperazine rings is 1. The van der Waals surface area contributed by atoms with Crippen molar-refractivity contribution in [2.24, 2.45) is 0 Å². The highest BCUT2D eigenvalue weighted by atomic mass is 32.2. The Labute approximate surface area is 400 Å². The molecule has 3 fully saturated rings. The van der Waals surface area contributed by atoms with Gasteiger partial charge in [0.05, 0.1) is 22.6 Å². The molecule has 9 rings (SSSR count). The predicted molar refractivity (Wildman–Crippen MR) is 260 cm³/mol. The van der Waals surface area contributed by atoms with E-state index in [-0.39, 0.29) is 30.7 Å². The van der Waals surface area contributed by atoms with Crippen LogP contribution in [0.3, 0.4) is 0 Å². The average molecular weight is 941 g/mol. The summed E-state index contributed by atoms with van der Waals surface area (Å²) in [5.74, 6) is 1.00. The largest absolute Gasteiger partial charge is 0.457 e. The molecule has 17 heteroatoms. The zero-order chi connectivity index (χ0) is 47.0. The van der Waals surface area contributed by atoms with E-state index in [1.165, 1.54) is 25.6 Å². The Balaban J connectivity index is 0.649. The Morgan fingerprint density at radius 1 is 0.765 bits per heavy atom. The number of carbonyl (C=O) groups excluding carboxylic acids is 5. The van der Waals surface area contributed by atoms with Crippen molar-refractivity contribution >= 4 is 58.1 Å². The normalized spacial score (nSPS) is 19.2. The van der Waals surface area contributed by atoms with Crippen molar-refractivity contribution in [3.05, 3.63) is 90.3 Å². The summed E-state index contributed by atoms with van der Waals surface area (Å²) in [4.78, 5) is 81.9. The second kappa shape index (κ2) is 21.8. The SMILES string of the molecule is Nc1ncnc2c1c(-c1ccc(Oc3ccccc3)cc1)nn2[C@@H]1CCCN(C(=O)CCCN2CCN(CCCCCCCCSc3cccc4c3C(=O)N(C3CCC(=O)NC3=O)C4=O)CC2)C1. The van der Waals surface area contributed by atoms with E-state index in [0.717, 1.165) is 117 Å². The van der Waals surface area contributed by atoms with Crippen LogP contribution in [0, 0.1) is 0 Å². The van der Waals surface area contributed by atoms with E-state index in [0.29, 0.717) is 46.6 Å². The fourth-order valence-corrected chi connectivity index (χ4v) is 11.0. The zero-order valence-electron chi connectivity index (χ0n) is 38.5. The number of aromatic nitrogens is 4. The number of nitrogen functional groups attached to an aromatic ring is 1. The molecule has 6 heterocycles. The molecule has 3 N–H and O–H groups in total. The number of likely N-dealkylation sites (tertiary alicyclic amines) is 1. The third-order valence-corrected chi connectivity index (χ3v) is 14.7. The van der Waals surface area contributed by atoms with E-state index >= 15 is 0 Å². The summed E-state index contributed by atoms with van der Waals surface area (Å²) in [5, 5.41) is 8.04. The number of fused-ring (bicyclic) bond motifs is 2. The Morgan fingerprint density at radius 2 is 1.49 bits per heavy atom. The highest BCUT2D eigenvalue weighted by molar-refractivity contribution is 7.99. The van der Waals surface area contributed by atoms with Crippen molar-refractivity contribution < 1.29 is 28.7 Å². The van der Waals surface area contributed by atoms with Gasteiger partial charge in [0.15, 0.2) is 5.65 Å². The smallest absolute Gasteiger partial charge is 0.263 e. The molecule has 5 amide bonds. The number of para-hydroxylation sites is 1. The number of amides is 5. The summed E-state index contributed by atoms with van der Waals surface area (Å²) in [6.07, 6.45) is 11.7. The minimum Gasteiger partial charge on any atom is -0.457 e. The van der Waals surface area contributed by atoms with Crippen LogP contribution in [0.15, 0.2) is 84.0 Å². The average Bonchev–Trinajstić information content (AvgIpc) is 3.87. The van der Waals surface area contributed by atoms with Crippen LogP contribution in [0.25, 0.3) is 22.3 Å². The first-order valence-corrected chi connectivity index (χ1v) is 25.2. The lowest BCUT2D eigenvalue weighted by atomic mass is 10.0. The number of nitrogens with zero attached hydrogens (tertiary/aromatic N) is 8. The summed E-state index contributed by atoms with van der Waals surface area (Å²) in [5.41, 5.74) is 9.42. The summed E-state index contributed by atoms with van der Waals surface area (Å²) in [7, 11) is 0. The number of carbonyl (C=O) groups is 5. The summed E-state index contributed by atoms with van der Waals surface area (Å²) in [6, 6.07) is 21.8. The second-order valence-corrected chi connectivity index (χ2v) is 19.3. The van der Waals surface area contributed by atoms with Gasteiger partial charge in [0.1, 0.15) is 35.4 Å². The number of nitrogens with one attached hydrogen (secondary N) is 1. The van der Waals surface area contributed by atoms with Crippen molar-refractivity contribution in [2.45, 2.75) is 94.0 Å². The number of benzene rings is 3. The molecule has 3 aromatic carbocycles. The Hall–Kier alpha value is -6.17. The van der Waals surface area contributed by atoms with Gasteiger partial charge in [-0.3, -0.25) is 34.2 Å². The van der Waals surface area contributed by atoms with Gasteiger partial charge in [-0.1, -0.05) is 49.9 Å². The van der Waals surface area contributed by atoms with Crippen molar-refractivity contribution in [1.82, 2.24) is 44.7 Å². The number of ether oxygens (including phenoxy) is 1. The molecule has 0 radical (unpaired) electrons. The molecule has 2 atom stereocenters. The molecule has 68 heavy (non-hydrogen) atoms. The summed E-state index contributed by atoms with van der Waals surface area (Å²) in [6.45, 7) is 7.54. The number of thioether (sulfide) groups is 1. The van der Waals surface area contributed by atoms with Crippen LogP contribution in [0.5, 0.6) is 11.5 Å². The summed E-state index contributed by atoms with van der Waals surface area (Å²) < 4.78 is 7.96. The van der Waals surface area contributed by atoms with Gasteiger partial charge in [-0.15, -0.1) is 11.8 Å². The number of anilines is 1. The third-order valence-electron chi connectivity index (χ3n) is 13.6. The predicted octanol–water partition coefficient (Wildman–Crippen LogP) is 6.96. The van der Waals surface area contributed by atoms with E-state index in [1.54, 1.807) is 23.9 Å². The lowest BCUT2D eigenvalue weighted by Gasteiger charge is -2.35. The molecule has 2 aromatic heterocycles. The first-order chi connectivity index (χ1) is 33.2. The van der Waals surface area contributed by atoms with Crippen molar-refractivity contribution in [3.63, 3.8) is 0 Å². The van der Waals surface area contributed by atoms with Crippen LogP contribution in [0.2, 0.25) is 0 Å².